The van der Waals surface area contributed by atoms with Gasteiger partial charge in [-0.15, -0.1) is 0 Å². The standard InChI is InChI=1S/C29H24N4O4/c1-37-18-12-10-17(11-13-18)33-26(34)24-23(14-16-15-30-21-8-4-2-6-19(16)21)32-29(25(24)27(33)35)20-7-3-5-9-22(20)31-28(29)36/h2-13,15,23-25,30,32H,14H2,1H3,(H,31,36)/t23-,24+,25-,29-/m0/s1. The second-order valence-corrected chi connectivity index (χ2v) is 9.84. The minimum absolute atomic E-state index is 0.299. The highest BCUT2D eigenvalue weighted by Crippen LogP contribution is 2.54. The van der Waals surface area contributed by atoms with E-state index in [0.717, 1.165) is 16.5 Å². The number of H-pyrrole nitrogens is 1. The number of ether oxygens (including phenoxy) is 1. The molecule has 3 N–H and O–H groups in total. The van der Waals surface area contributed by atoms with E-state index in [4.69, 9.17) is 4.74 Å². The number of benzene rings is 3. The van der Waals surface area contributed by atoms with Gasteiger partial charge in [0.25, 0.3) is 0 Å². The summed E-state index contributed by atoms with van der Waals surface area (Å²) >= 11 is 0. The summed E-state index contributed by atoms with van der Waals surface area (Å²) < 4.78 is 5.25. The molecule has 8 heteroatoms. The number of aromatic nitrogens is 1. The van der Waals surface area contributed by atoms with E-state index in [-0.39, 0.29) is 17.7 Å². The molecule has 184 valence electrons. The second-order valence-electron chi connectivity index (χ2n) is 9.84. The molecule has 4 heterocycles. The Kier molecular flexibility index (Phi) is 4.59. The Morgan fingerprint density at radius 2 is 1.68 bits per heavy atom. The molecule has 3 aromatic carbocycles. The van der Waals surface area contributed by atoms with Crippen LogP contribution in [0.4, 0.5) is 11.4 Å². The maximum absolute atomic E-state index is 14.1. The Morgan fingerprint density at radius 3 is 2.49 bits per heavy atom. The molecule has 2 saturated heterocycles. The highest BCUT2D eigenvalue weighted by atomic mass is 16.5. The van der Waals surface area contributed by atoms with E-state index in [1.165, 1.54) is 4.90 Å². The molecule has 0 aliphatic carbocycles. The first-order valence-corrected chi connectivity index (χ1v) is 12.3. The number of rotatable bonds is 4. The van der Waals surface area contributed by atoms with Crippen LogP contribution in [0.2, 0.25) is 0 Å². The number of hydrogen-bond donors (Lipinski definition) is 3. The number of para-hydroxylation sites is 2. The minimum atomic E-state index is -1.33. The molecule has 0 radical (unpaired) electrons. The van der Waals surface area contributed by atoms with Gasteiger partial charge in [0.15, 0.2) is 0 Å². The topological polar surface area (TPSA) is 104 Å². The largest absolute Gasteiger partial charge is 0.497 e. The van der Waals surface area contributed by atoms with E-state index in [9.17, 15) is 14.4 Å². The van der Waals surface area contributed by atoms with Crippen molar-refractivity contribution >= 4 is 40.0 Å². The van der Waals surface area contributed by atoms with Crippen LogP contribution in [0.25, 0.3) is 10.9 Å². The molecule has 3 aliphatic rings. The van der Waals surface area contributed by atoms with Crippen molar-refractivity contribution in [2.75, 3.05) is 17.3 Å². The van der Waals surface area contributed by atoms with Crippen LogP contribution in [0.15, 0.2) is 79.0 Å². The third-order valence-electron chi connectivity index (χ3n) is 8.07. The molecule has 0 bridgehead atoms. The highest BCUT2D eigenvalue weighted by molar-refractivity contribution is 6.25. The van der Waals surface area contributed by atoms with Crippen molar-refractivity contribution in [3.8, 4) is 5.75 Å². The normalized spacial score (nSPS) is 26.1. The smallest absolute Gasteiger partial charge is 0.250 e. The first-order chi connectivity index (χ1) is 18.0. The number of nitrogens with one attached hydrogen (secondary N) is 3. The number of carbonyl (C=O) groups excluding carboxylic acids is 3. The lowest BCUT2D eigenvalue weighted by Crippen LogP contribution is -2.53. The summed E-state index contributed by atoms with van der Waals surface area (Å²) in [6, 6.07) is 21.8. The summed E-state index contributed by atoms with van der Waals surface area (Å²) in [4.78, 5) is 46.3. The number of imide groups is 1. The molecular weight excluding hydrogens is 468 g/mol. The summed E-state index contributed by atoms with van der Waals surface area (Å²) in [5.41, 5.74) is 2.53. The van der Waals surface area contributed by atoms with Crippen molar-refractivity contribution in [2.45, 2.75) is 18.0 Å². The summed E-state index contributed by atoms with van der Waals surface area (Å²) in [6.45, 7) is 0. The number of carbonyl (C=O) groups is 3. The molecule has 4 atom stereocenters. The summed E-state index contributed by atoms with van der Waals surface area (Å²) in [6.07, 6.45) is 2.43. The van der Waals surface area contributed by atoms with E-state index < -0.39 is 23.4 Å². The van der Waals surface area contributed by atoms with Gasteiger partial charge in [0.2, 0.25) is 17.7 Å². The number of methoxy groups -OCH3 is 1. The number of anilines is 2. The van der Waals surface area contributed by atoms with Gasteiger partial charge < -0.3 is 15.0 Å². The fraction of sp³-hybridized carbons (Fsp3) is 0.207. The predicted octanol–water partition coefficient (Wildman–Crippen LogP) is 3.34. The van der Waals surface area contributed by atoms with Crippen LogP contribution in [-0.2, 0) is 26.3 Å². The maximum Gasteiger partial charge on any atom is 0.250 e. The van der Waals surface area contributed by atoms with Crippen LogP contribution in [-0.4, -0.2) is 35.9 Å². The van der Waals surface area contributed by atoms with Crippen LogP contribution >= 0.6 is 0 Å². The van der Waals surface area contributed by atoms with Crippen molar-refractivity contribution in [3.05, 3.63) is 90.1 Å². The van der Waals surface area contributed by atoms with E-state index in [0.29, 0.717) is 29.1 Å². The third kappa shape index (κ3) is 2.90. The van der Waals surface area contributed by atoms with Crippen molar-refractivity contribution < 1.29 is 19.1 Å². The van der Waals surface area contributed by atoms with Gasteiger partial charge >= 0.3 is 0 Å². The van der Waals surface area contributed by atoms with E-state index >= 15 is 0 Å². The van der Waals surface area contributed by atoms with E-state index in [1.54, 1.807) is 31.4 Å². The van der Waals surface area contributed by atoms with Gasteiger partial charge in [-0.1, -0.05) is 36.4 Å². The van der Waals surface area contributed by atoms with Crippen LogP contribution < -0.4 is 20.3 Å². The van der Waals surface area contributed by atoms with E-state index in [2.05, 4.69) is 15.6 Å². The van der Waals surface area contributed by atoms with Gasteiger partial charge in [0.1, 0.15) is 11.3 Å². The summed E-state index contributed by atoms with van der Waals surface area (Å²) in [5.74, 6) is -1.93. The predicted molar refractivity (Wildman–Crippen MR) is 138 cm³/mol. The number of fused-ring (bicyclic) bond motifs is 5. The third-order valence-corrected chi connectivity index (χ3v) is 8.07. The van der Waals surface area contributed by atoms with Gasteiger partial charge in [0.05, 0.1) is 24.6 Å². The van der Waals surface area contributed by atoms with Crippen LogP contribution in [0.5, 0.6) is 5.75 Å². The molecule has 3 amide bonds. The van der Waals surface area contributed by atoms with Gasteiger partial charge in [-0.2, -0.15) is 0 Å². The highest BCUT2D eigenvalue weighted by Gasteiger charge is 2.70. The summed E-state index contributed by atoms with van der Waals surface area (Å²) in [5, 5.41) is 7.52. The first kappa shape index (κ1) is 21.8. The quantitative estimate of drug-likeness (QED) is 0.379. The van der Waals surface area contributed by atoms with Gasteiger partial charge in [-0.3, -0.25) is 19.7 Å². The number of aromatic amines is 1. The molecule has 3 aliphatic heterocycles. The molecule has 1 spiro atoms. The Bertz CT molecular complexity index is 1590. The average Bonchev–Trinajstić information content (AvgIpc) is 3.63. The number of hydrogen-bond acceptors (Lipinski definition) is 5. The average molecular weight is 493 g/mol. The molecular formula is C29H24N4O4. The molecule has 37 heavy (non-hydrogen) atoms. The molecule has 0 unspecified atom stereocenters. The Hall–Kier alpha value is -4.43. The van der Waals surface area contributed by atoms with E-state index in [1.807, 2.05) is 54.7 Å². The fourth-order valence-corrected chi connectivity index (χ4v) is 6.46. The van der Waals surface area contributed by atoms with Crippen LogP contribution in [0.3, 0.4) is 0 Å². The first-order valence-electron chi connectivity index (χ1n) is 12.3. The number of nitrogens with zero attached hydrogens (tertiary/aromatic N) is 1. The molecule has 8 nitrogen and oxygen atoms in total. The molecule has 7 rings (SSSR count). The maximum atomic E-state index is 14.1. The molecule has 4 aromatic rings. The second kappa shape index (κ2) is 7.78. The zero-order valence-corrected chi connectivity index (χ0v) is 20.0. The lowest BCUT2D eigenvalue weighted by atomic mass is 9.76. The van der Waals surface area contributed by atoms with Crippen LogP contribution in [0, 0.1) is 11.8 Å². The Morgan fingerprint density at radius 1 is 0.919 bits per heavy atom. The molecule has 2 fully saturated rings. The summed E-state index contributed by atoms with van der Waals surface area (Å²) in [7, 11) is 1.56. The zero-order valence-electron chi connectivity index (χ0n) is 20.0. The minimum Gasteiger partial charge on any atom is -0.497 e. The molecule has 0 saturated carbocycles. The lowest BCUT2D eigenvalue weighted by molar-refractivity contribution is -0.130. The van der Waals surface area contributed by atoms with Gasteiger partial charge in [0, 0.05) is 34.4 Å². The number of amides is 3. The fourth-order valence-electron chi connectivity index (χ4n) is 6.46. The van der Waals surface area contributed by atoms with Crippen LogP contribution in [0.1, 0.15) is 11.1 Å². The monoisotopic (exact) mass is 492 g/mol. The van der Waals surface area contributed by atoms with Gasteiger partial charge in [-0.05, 0) is 48.4 Å². The van der Waals surface area contributed by atoms with Crippen molar-refractivity contribution in [1.82, 2.24) is 10.3 Å². The Labute approximate surface area is 212 Å². The van der Waals surface area contributed by atoms with Crippen molar-refractivity contribution in [3.63, 3.8) is 0 Å². The Balaban J connectivity index is 1.36. The SMILES string of the molecule is COc1ccc(N2C(=O)[C@@H]3[C@H](Cc4c[nH]c5ccccc45)N[C@]4(C(=O)Nc5ccccc54)[C@@H]3C2=O)cc1. The van der Waals surface area contributed by atoms with Gasteiger partial charge in [-0.25, -0.2) is 4.90 Å². The zero-order chi connectivity index (χ0) is 25.3. The van der Waals surface area contributed by atoms with Crippen molar-refractivity contribution in [1.29, 1.82) is 0 Å². The van der Waals surface area contributed by atoms with Crippen molar-refractivity contribution in [2.24, 2.45) is 11.8 Å². The molecule has 1 aromatic heterocycles. The lowest BCUT2D eigenvalue weighted by Gasteiger charge is -2.29.